The van der Waals surface area contributed by atoms with E-state index in [9.17, 15) is 9.90 Å². The molecule has 0 unspecified atom stereocenters. The number of hydrogen-bond donors (Lipinski definition) is 2. The third-order valence-corrected chi connectivity index (χ3v) is 6.12. The smallest absolute Gasteiger partial charge is 0.412 e. The number of nitrogens with one attached hydrogen (secondary N) is 1. The van der Waals surface area contributed by atoms with Gasteiger partial charge < -0.3 is 19.9 Å². The van der Waals surface area contributed by atoms with Gasteiger partial charge >= 0.3 is 6.09 Å². The van der Waals surface area contributed by atoms with E-state index in [0.717, 1.165) is 21.9 Å². The van der Waals surface area contributed by atoms with Gasteiger partial charge in [0.25, 0.3) is 0 Å². The molecule has 0 spiro atoms. The molecular weight excluding hydrogens is 428 g/mol. The Morgan fingerprint density at radius 2 is 1.79 bits per heavy atom. The van der Waals surface area contributed by atoms with Crippen LogP contribution in [-0.4, -0.2) is 40.1 Å². The summed E-state index contributed by atoms with van der Waals surface area (Å²) in [4.78, 5) is 15.0. The van der Waals surface area contributed by atoms with Crippen LogP contribution in [0.15, 0.2) is 66.7 Å². The molecule has 6 heteroatoms. The third kappa shape index (κ3) is 5.03. The van der Waals surface area contributed by atoms with Crippen LogP contribution < -0.4 is 5.32 Å². The Hall–Kier alpha value is -3.09. The van der Waals surface area contributed by atoms with Gasteiger partial charge in [0.05, 0.1) is 18.7 Å². The molecule has 3 aromatic carbocycles. The Labute approximate surface area is 201 Å². The van der Waals surface area contributed by atoms with E-state index in [-0.39, 0.29) is 5.75 Å². The summed E-state index contributed by atoms with van der Waals surface area (Å²) in [6, 6.07) is 20.9. The van der Waals surface area contributed by atoms with Gasteiger partial charge in [-0.25, -0.2) is 4.79 Å². The van der Waals surface area contributed by atoms with Crippen molar-refractivity contribution in [3.63, 3.8) is 0 Å². The van der Waals surface area contributed by atoms with Gasteiger partial charge in [-0.2, -0.15) is 0 Å². The Balaban J connectivity index is 1.79. The molecule has 4 rings (SSSR count). The Bertz CT molecular complexity index is 1150. The molecule has 0 bridgehead atoms. The number of rotatable bonds is 5. The van der Waals surface area contributed by atoms with Crippen LogP contribution in [0.5, 0.6) is 5.75 Å². The molecule has 6 nitrogen and oxygen atoms in total. The van der Waals surface area contributed by atoms with E-state index in [1.165, 1.54) is 0 Å². The number of hydrogen-bond acceptors (Lipinski definition) is 5. The molecule has 1 heterocycles. The number of fused-ring (bicyclic) bond motifs is 1. The van der Waals surface area contributed by atoms with Crippen molar-refractivity contribution in [2.24, 2.45) is 0 Å². The van der Waals surface area contributed by atoms with Crippen LogP contribution in [0.4, 0.5) is 4.79 Å². The number of phenolic OH excluding ortho intramolecular Hbond substituents is 1. The number of aromatic hydroxyl groups is 1. The van der Waals surface area contributed by atoms with E-state index in [0.29, 0.717) is 13.2 Å². The lowest BCUT2D eigenvalue weighted by Crippen LogP contribution is -2.53. The number of phenols is 1. The van der Waals surface area contributed by atoms with Gasteiger partial charge in [-0.3, -0.25) is 4.90 Å². The molecule has 2 atom stereocenters. The SMILES string of the molecule is CC(C)(C)OC(=O)N1[C@H]([C@@H](NCc2ccccc2)c2c(O)ccc3ccccc23)COC1(C)C. The highest BCUT2D eigenvalue weighted by Gasteiger charge is 2.49. The van der Waals surface area contributed by atoms with Crippen LogP contribution in [0.3, 0.4) is 0 Å². The minimum absolute atomic E-state index is 0.179. The van der Waals surface area contributed by atoms with Gasteiger partial charge in [0, 0.05) is 12.1 Å². The zero-order chi connectivity index (χ0) is 24.5. The van der Waals surface area contributed by atoms with Crippen molar-refractivity contribution in [3.05, 3.63) is 77.9 Å². The van der Waals surface area contributed by atoms with E-state index in [2.05, 4.69) is 5.32 Å². The number of carbonyl (C=O) groups is 1. The molecule has 0 radical (unpaired) electrons. The van der Waals surface area contributed by atoms with Crippen LogP contribution >= 0.6 is 0 Å². The summed E-state index contributed by atoms with van der Waals surface area (Å²) in [5.41, 5.74) is 0.345. The lowest BCUT2D eigenvalue weighted by Gasteiger charge is -2.38. The number of ether oxygens (including phenoxy) is 2. The second-order valence-corrected chi connectivity index (χ2v) is 10.2. The van der Waals surface area contributed by atoms with Gasteiger partial charge in [0.2, 0.25) is 0 Å². The zero-order valence-electron chi connectivity index (χ0n) is 20.5. The maximum atomic E-state index is 13.4. The van der Waals surface area contributed by atoms with Crippen molar-refractivity contribution in [3.8, 4) is 5.75 Å². The average molecular weight is 463 g/mol. The minimum atomic E-state index is -0.861. The molecular formula is C28H34N2O4. The monoisotopic (exact) mass is 462 g/mol. The molecule has 180 valence electrons. The van der Waals surface area contributed by atoms with Gasteiger partial charge in [0.1, 0.15) is 17.1 Å². The van der Waals surface area contributed by atoms with Crippen molar-refractivity contribution in [1.29, 1.82) is 0 Å². The lowest BCUT2D eigenvalue weighted by atomic mass is 9.92. The highest BCUT2D eigenvalue weighted by molar-refractivity contribution is 5.88. The largest absolute Gasteiger partial charge is 0.508 e. The quantitative estimate of drug-likeness (QED) is 0.505. The molecule has 0 aliphatic carbocycles. The summed E-state index contributed by atoms with van der Waals surface area (Å²) in [6.45, 7) is 10.2. The normalized spacial score (nSPS) is 18.7. The second kappa shape index (κ2) is 9.28. The van der Waals surface area contributed by atoms with Crippen LogP contribution in [0.2, 0.25) is 0 Å². The van der Waals surface area contributed by atoms with Gasteiger partial charge in [-0.1, -0.05) is 60.7 Å². The predicted octanol–water partition coefficient (Wildman–Crippen LogP) is 5.75. The average Bonchev–Trinajstić information content (AvgIpc) is 3.09. The molecule has 0 saturated carbocycles. The lowest BCUT2D eigenvalue weighted by molar-refractivity contribution is -0.0637. The first-order valence-electron chi connectivity index (χ1n) is 11.7. The molecule has 3 aromatic rings. The number of nitrogens with zero attached hydrogens (tertiary/aromatic N) is 1. The van der Waals surface area contributed by atoms with E-state index < -0.39 is 29.5 Å². The first-order chi connectivity index (χ1) is 16.1. The summed E-state index contributed by atoms with van der Waals surface area (Å²) < 4.78 is 11.9. The fourth-order valence-corrected chi connectivity index (χ4v) is 4.61. The van der Waals surface area contributed by atoms with E-state index in [1.54, 1.807) is 11.0 Å². The van der Waals surface area contributed by atoms with E-state index in [4.69, 9.17) is 9.47 Å². The molecule has 34 heavy (non-hydrogen) atoms. The maximum Gasteiger partial charge on any atom is 0.412 e. The van der Waals surface area contributed by atoms with Crippen LogP contribution in [-0.2, 0) is 16.0 Å². The Kier molecular flexibility index (Phi) is 6.56. The molecule has 1 aliphatic rings. The highest BCUT2D eigenvalue weighted by atomic mass is 16.6. The van der Waals surface area contributed by atoms with Crippen LogP contribution in [0.25, 0.3) is 10.8 Å². The topological polar surface area (TPSA) is 71.0 Å². The summed E-state index contributed by atoms with van der Waals surface area (Å²) in [5, 5.41) is 16.6. The molecule has 2 N–H and O–H groups in total. The van der Waals surface area contributed by atoms with Crippen molar-refractivity contribution >= 4 is 16.9 Å². The first-order valence-corrected chi connectivity index (χ1v) is 11.7. The van der Waals surface area contributed by atoms with Crippen molar-refractivity contribution < 1.29 is 19.4 Å². The molecule has 1 amide bonds. The van der Waals surface area contributed by atoms with Crippen LogP contribution in [0, 0.1) is 0 Å². The second-order valence-electron chi connectivity index (χ2n) is 10.2. The van der Waals surface area contributed by atoms with Gasteiger partial charge in [-0.15, -0.1) is 0 Å². The summed E-state index contributed by atoms with van der Waals surface area (Å²) in [7, 11) is 0. The predicted molar refractivity (Wildman–Crippen MR) is 134 cm³/mol. The Morgan fingerprint density at radius 3 is 2.50 bits per heavy atom. The van der Waals surface area contributed by atoms with Crippen molar-refractivity contribution in [2.75, 3.05) is 6.61 Å². The third-order valence-electron chi connectivity index (χ3n) is 6.12. The van der Waals surface area contributed by atoms with E-state index >= 15 is 0 Å². The van der Waals surface area contributed by atoms with E-state index in [1.807, 2.05) is 95.3 Å². The fourth-order valence-electron chi connectivity index (χ4n) is 4.61. The molecule has 1 aliphatic heterocycles. The number of carbonyl (C=O) groups excluding carboxylic acids is 1. The van der Waals surface area contributed by atoms with Crippen molar-refractivity contribution in [2.45, 2.75) is 64.6 Å². The fraction of sp³-hybridized carbons (Fsp3) is 0.393. The van der Waals surface area contributed by atoms with Crippen LogP contribution in [0.1, 0.15) is 51.8 Å². The number of benzene rings is 3. The summed E-state index contributed by atoms with van der Waals surface area (Å²) in [5.74, 6) is 0.179. The van der Waals surface area contributed by atoms with Gasteiger partial charge in [0.15, 0.2) is 0 Å². The first kappa shape index (κ1) is 24.0. The summed E-state index contributed by atoms with van der Waals surface area (Å²) >= 11 is 0. The maximum absolute atomic E-state index is 13.4. The van der Waals surface area contributed by atoms with Gasteiger partial charge in [-0.05, 0) is 57.0 Å². The minimum Gasteiger partial charge on any atom is -0.508 e. The zero-order valence-corrected chi connectivity index (χ0v) is 20.5. The molecule has 1 saturated heterocycles. The molecule has 0 aromatic heterocycles. The standard InChI is InChI=1S/C28H34N2O4/c1-27(2,3)34-26(32)30-22(18-33-28(30,4)5)25(29-17-19-11-7-6-8-12-19)24-21-14-10-9-13-20(21)15-16-23(24)31/h6-16,22,25,29,31H,17-18H2,1-5H3/t22-,25+/m0/s1. The summed E-state index contributed by atoms with van der Waals surface area (Å²) in [6.07, 6.45) is -0.439. The molecule has 1 fully saturated rings. The number of amides is 1. The Morgan fingerprint density at radius 1 is 1.12 bits per heavy atom. The highest BCUT2D eigenvalue weighted by Crippen LogP contribution is 2.41. The van der Waals surface area contributed by atoms with Crippen molar-refractivity contribution in [1.82, 2.24) is 10.2 Å².